The Hall–Kier alpha value is -1.41. The number of hydrogen-bond acceptors (Lipinski definition) is 10. The summed E-state index contributed by atoms with van der Waals surface area (Å²) in [6.45, 7) is 3.48. The SMILES string of the molecule is CCCCCCCCCCC/C=C\C/C=C\CCCCCCCCC(O)C(=O)NC(COC1OC(CO)C(O)C(O)C1O)C(O)C(O)CCCCCCCCCCCCCCCCCCCCC. The van der Waals surface area contributed by atoms with Gasteiger partial charge in [0.2, 0.25) is 5.91 Å². The van der Waals surface area contributed by atoms with E-state index in [2.05, 4.69) is 43.5 Å². The van der Waals surface area contributed by atoms with Crippen molar-refractivity contribution in [1.29, 1.82) is 0 Å². The molecule has 68 heavy (non-hydrogen) atoms. The highest BCUT2D eigenvalue weighted by Gasteiger charge is 2.44. The molecule has 1 amide bonds. The van der Waals surface area contributed by atoms with Crippen molar-refractivity contribution >= 4 is 5.91 Å². The van der Waals surface area contributed by atoms with Gasteiger partial charge in [-0.3, -0.25) is 4.79 Å². The van der Waals surface area contributed by atoms with Crippen molar-refractivity contribution in [3.8, 4) is 0 Å². The summed E-state index contributed by atoms with van der Waals surface area (Å²) >= 11 is 0. The van der Waals surface area contributed by atoms with Gasteiger partial charge in [0.1, 0.15) is 36.6 Å². The number of ether oxygens (including phenoxy) is 2. The number of allylic oxidation sites excluding steroid dienone is 4. The summed E-state index contributed by atoms with van der Waals surface area (Å²) < 4.78 is 11.1. The summed E-state index contributed by atoms with van der Waals surface area (Å²) in [5.74, 6) is -0.702. The molecule has 1 saturated heterocycles. The number of hydrogen-bond donors (Lipinski definition) is 8. The van der Waals surface area contributed by atoms with E-state index < -0.39 is 74.2 Å². The topological polar surface area (TPSA) is 189 Å². The smallest absolute Gasteiger partial charge is 0.249 e. The molecule has 9 atom stereocenters. The fourth-order valence-corrected chi connectivity index (χ4v) is 9.30. The average Bonchev–Trinajstić information content (AvgIpc) is 3.34. The molecule has 8 N–H and O–H groups in total. The van der Waals surface area contributed by atoms with Crippen LogP contribution in [-0.2, 0) is 14.3 Å². The number of nitrogens with one attached hydrogen (secondary N) is 1. The van der Waals surface area contributed by atoms with E-state index in [0.29, 0.717) is 19.3 Å². The molecular formula is C57H109NO10. The van der Waals surface area contributed by atoms with Crippen molar-refractivity contribution in [2.75, 3.05) is 13.2 Å². The zero-order valence-electron chi connectivity index (χ0n) is 43.9. The Morgan fingerprint density at radius 1 is 0.515 bits per heavy atom. The summed E-state index contributed by atoms with van der Waals surface area (Å²) in [5.41, 5.74) is 0. The number of amides is 1. The fraction of sp³-hybridized carbons (Fsp3) is 0.912. The van der Waals surface area contributed by atoms with Gasteiger partial charge in [0, 0.05) is 0 Å². The van der Waals surface area contributed by atoms with Crippen molar-refractivity contribution in [3.05, 3.63) is 24.3 Å². The maximum Gasteiger partial charge on any atom is 0.249 e. The maximum atomic E-state index is 13.2. The number of aliphatic hydroxyl groups is 7. The lowest BCUT2D eigenvalue weighted by Gasteiger charge is -2.40. The molecule has 11 heteroatoms. The lowest BCUT2D eigenvalue weighted by Crippen LogP contribution is -2.60. The molecule has 0 aliphatic carbocycles. The first-order chi connectivity index (χ1) is 33.2. The Morgan fingerprint density at radius 3 is 1.31 bits per heavy atom. The predicted molar refractivity (Wildman–Crippen MR) is 279 cm³/mol. The number of aliphatic hydroxyl groups excluding tert-OH is 7. The van der Waals surface area contributed by atoms with E-state index in [9.17, 15) is 40.5 Å². The van der Waals surface area contributed by atoms with Crippen molar-refractivity contribution in [1.82, 2.24) is 5.32 Å². The molecule has 0 aromatic carbocycles. The van der Waals surface area contributed by atoms with Crippen LogP contribution < -0.4 is 5.32 Å². The molecular weight excluding hydrogens is 859 g/mol. The van der Waals surface area contributed by atoms with E-state index in [-0.39, 0.29) is 6.42 Å². The standard InChI is InChI=1S/C57H109NO10/c1-3-5-7-9-11-13-15-17-19-21-23-24-25-27-29-31-33-35-37-39-41-43-45-50(61)56(66)58-48(47-67-57-55(65)54(64)53(63)51(46-59)68-57)52(62)49(60)44-42-40-38-36-34-32-30-28-26-22-20-18-16-14-12-10-8-6-4-2/h23-24,27,29,48-55,57,59-65H,3-22,25-26,28,30-47H2,1-2H3,(H,58,66)/b24-23-,29-27-. The van der Waals surface area contributed by atoms with Gasteiger partial charge in [-0.25, -0.2) is 0 Å². The highest BCUT2D eigenvalue weighted by atomic mass is 16.7. The number of unbranched alkanes of at least 4 members (excludes halogenated alkanes) is 33. The van der Waals surface area contributed by atoms with Crippen LogP contribution in [0.15, 0.2) is 24.3 Å². The first-order valence-corrected chi connectivity index (χ1v) is 28.7. The fourth-order valence-electron chi connectivity index (χ4n) is 9.30. The van der Waals surface area contributed by atoms with E-state index in [1.54, 1.807) is 0 Å². The second-order valence-electron chi connectivity index (χ2n) is 20.4. The quantitative estimate of drug-likeness (QED) is 0.0215. The van der Waals surface area contributed by atoms with Crippen LogP contribution in [0.3, 0.4) is 0 Å². The Labute approximate surface area is 416 Å². The monoisotopic (exact) mass is 968 g/mol. The van der Waals surface area contributed by atoms with Gasteiger partial charge < -0.3 is 50.5 Å². The van der Waals surface area contributed by atoms with Crippen LogP contribution in [0.2, 0.25) is 0 Å². The molecule has 1 rings (SSSR count). The molecule has 1 heterocycles. The summed E-state index contributed by atoms with van der Waals surface area (Å²) in [4.78, 5) is 13.2. The van der Waals surface area contributed by atoms with Crippen LogP contribution in [0, 0.1) is 0 Å². The second-order valence-corrected chi connectivity index (χ2v) is 20.4. The predicted octanol–water partition coefficient (Wildman–Crippen LogP) is 11.7. The number of carbonyl (C=O) groups is 1. The van der Waals surface area contributed by atoms with Gasteiger partial charge in [-0.15, -0.1) is 0 Å². The highest BCUT2D eigenvalue weighted by molar-refractivity contribution is 5.80. The minimum atomic E-state index is -1.66. The summed E-state index contributed by atoms with van der Waals surface area (Å²) in [5, 5.41) is 76.1. The first-order valence-electron chi connectivity index (χ1n) is 28.7. The Balaban J connectivity index is 2.34. The van der Waals surface area contributed by atoms with Gasteiger partial charge >= 0.3 is 0 Å². The minimum Gasteiger partial charge on any atom is -0.394 e. The molecule has 9 unspecified atom stereocenters. The van der Waals surface area contributed by atoms with E-state index in [1.165, 1.54) is 161 Å². The maximum absolute atomic E-state index is 13.2. The van der Waals surface area contributed by atoms with E-state index in [0.717, 1.165) is 64.2 Å². The van der Waals surface area contributed by atoms with Gasteiger partial charge in [0.25, 0.3) is 0 Å². The largest absolute Gasteiger partial charge is 0.394 e. The molecule has 11 nitrogen and oxygen atoms in total. The van der Waals surface area contributed by atoms with E-state index >= 15 is 0 Å². The van der Waals surface area contributed by atoms with Crippen LogP contribution in [0.1, 0.15) is 264 Å². The first kappa shape index (κ1) is 64.6. The van der Waals surface area contributed by atoms with Gasteiger partial charge in [0.05, 0.1) is 25.4 Å². The summed E-state index contributed by atoms with van der Waals surface area (Å²) in [6.07, 6.45) is 43.6. The van der Waals surface area contributed by atoms with Gasteiger partial charge in [-0.1, -0.05) is 244 Å². The minimum absolute atomic E-state index is 0.250. The number of rotatable bonds is 49. The van der Waals surface area contributed by atoms with Crippen LogP contribution in [0.25, 0.3) is 0 Å². The normalized spacial score (nSPS) is 20.6. The van der Waals surface area contributed by atoms with Crippen LogP contribution >= 0.6 is 0 Å². The van der Waals surface area contributed by atoms with Crippen molar-refractivity contribution < 1.29 is 50.0 Å². The van der Waals surface area contributed by atoms with Crippen molar-refractivity contribution in [3.63, 3.8) is 0 Å². The zero-order valence-corrected chi connectivity index (χ0v) is 43.9. The molecule has 0 spiro atoms. The van der Waals surface area contributed by atoms with E-state index in [1.807, 2.05) is 0 Å². The third kappa shape index (κ3) is 34.8. The van der Waals surface area contributed by atoms with Crippen LogP contribution in [0.4, 0.5) is 0 Å². The molecule has 0 aromatic heterocycles. The molecule has 0 saturated carbocycles. The third-order valence-corrected chi connectivity index (χ3v) is 14.0. The van der Waals surface area contributed by atoms with Gasteiger partial charge in [-0.05, 0) is 44.9 Å². The third-order valence-electron chi connectivity index (χ3n) is 14.0. The zero-order chi connectivity index (χ0) is 49.7. The van der Waals surface area contributed by atoms with Crippen molar-refractivity contribution in [2.24, 2.45) is 0 Å². The Kier molecular flexibility index (Phi) is 44.3. The second kappa shape index (κ2) is 46.6. The Bertz CT molecular complexity index is 1160. The lowest BCUT2D eigenvalue weighted by molar-refractivity contribution is -0.303. The molecule has 1 aliphatic heterocycles. The molecule has 1 aliphatic rings. The molecule has 0 radical (unpaired) electrons. The van der Waals surface area contributed by atoms with Crippen LogP contribution in [-0.4, -0.2) is 110 Å². The highest BCUT2D eigenvalue weighted by Crippen LogP contribution is 2.23. The summed E-state index contributed by atoms with van der Waals surface area (Å²) in [7, 11) is 0. The van der Waals surface area contributed by atoms with Crippen LogP contribution in [0.5, 0.6) is 0 Å². The molecule has 402 valence electrons. The number of carbonyl (C=O) groups excluding carboxylic acids is 1. The Morgan fingerprint density at radius 2 is 0.897 bits per heavy atom. The van der Waals surface area contributed by atoms with Gasteiger partial charge in [0.15, 0.2) is 6.29 Å². The summed E-state index contributed by atoms with van der Waals surface area (Å²) in [6, 6.07) is -1.17. The van der Waals surface area contributed by atoms with E-state index in [4.69, 9.17) is 9.47 Å². The average molecular weight is 968 g/mol. The molecule has 0 aromatic rings. The molecule has 0 bridgehead atoms. The molecule has 1 fully saturated rings. The lowest BCUT2D eigenvalue weighted by atomic mass is 9.98. The van der Waals surface area contributed by atoms with Crippen molar-refractivity contribution in [2.45, 2.75) is 319 Å². The van der Waals surface area contributed by atoms with Gasteiger partial charge in [-0.2, -0.15) is 0 Å².